The SMILES string of the molecule is CC(C)Oc1ccc(COCCCc2ccccn2)cc1. The van der Waals surface area contributed by atoms with Crippen molar-refractivity contribution in [2.75, 3.05) is 6.61 Å². The van der Waals surface area contributed by atoms with E-state index in [-0.39, 0.29) is 6.10 Å². The fourth-order valence-electron chi connectivity index (χ4n) is 2.03. The van der Waals surface area contributed by atoms with Crippen LogP contribution in [-0.4, -0.2) is 17.7 Å². The van der Waals surface area contributed by atoms with Crippen molar-refractivity contribution in [2.45, 2.75) is 39.4 Å². The zero-order valence-electron chi connectivity index (χ0n) is 12.8. The molecule has 0 radical (unpaired) electrons. The first-order valence-corrected chi connectivity index (χ1v) is 7.47. The van der Waals surface area contributed by atoms with E-state index in [1.807, 2.05) is 50.4 Å². The lowest BCUT2D eigenvalue weighted by atomic mass is 10.2. The molecule has 0 unspecified atom stereocenters. The van der Waals surface area contributed by atoms with Gasteiger partial charge >= 0.3 is 0 Å². The van der Waals surface area contributed by atoms with E-state index < -0.39 is 0 Å². The van der Waals surface area contributed by atoms with Crippen molar-refractivity contribution in [3.8, 4) is 5.75 Å². The summed E-state index contributed by atoms with van der Waals surface area (Å²) in [4.78, 5) is 4.30. The molecule has 0 fully saturated rings. The average molecular weight is 285 g/mol. The maximum atomic E-state index is 5.69. The van der Waals surface area contributed by atoms with Crippen LogP contribution in [0.4, 0.5) is 0 Å². The molecule has 1 heterocycles. The summed E-state index contributed by atoms with van der Waals surface area (Å²) in [6.45, 7) is 5.45. The molecule has 0 saturated heterocycles. The van der Waals surface area contributed by atoms with Crippen molar-refractivity contribution in [3.63, 3.8) is 0 Å². The number of aryl methyl sites for hydroxylation is 1. The first kappa shape index (κ1) is 15.5. The van der Waals surface area contributed by atoms with Crippen molar-refractivity contribution in [2.24, 2.45) is 0 Å². The van der Waals surface area contributed by atoms with Crippen LogP contribution in [-0.2, 0) is 17.8 Å². The summed E-state index contributed by atoms with van der Waals surface area (Å²) >= 11 is 0. The normalized spacial score (nSPS) is 10.8. The number of nitrogens with zero attached hydrogens (tertiary/aromatic N) is 1. The maximum absolute atomic E-state index is 5.69. The van der Waals surface area contributed by atoms with Crippen LogP contribution in [0.1, 0.15) is 31.5 Å². The summed E-state index contributed by atoms with van der Waals surface area (Å²) in [5.41, 5.74) is 2.29. The third-order valence-corrected chi connectivity index (χ3v) is 3.01. The molecule has 0 atom stereocenters. The predicted molar refractivity (Wildman–Crippen MR) is 84.4 cm³/mol. The Morgan fingerprint density at radius 1 is 1.05 bits per heavy atom. The van der Waals surface area contributed by atoms with E-state index in [2.05, 4.69) is 17.1 Å². The van der Waals surface area contributed by atoms with Gasteiger partial charge in [-0.15, -0.1) is 0 Å². The Hall–Kier alpha value is -1.87. The topological polar surface area (TPSA) is 31.4 Å². The molecule has 21 heavy (non-hydrogen) atoms. The predicted octanol–water partition coefficient (Wildman–Crippen LogP) is 4.02. The zero-order valence-corrected chi connectivity index (χ0v) is 12.8. The first-order chi connectivity index (χ1) is 10.2. The molecule has 112 valence electrons. The number of benzene rings is 1. The fraction of sp³-hybridized carbons (Fsp3) is 0.389. The molecule has 1 aromatic heterocycles. The molecule has 0 aliphatic carbocycles. The molecule has 2 aromatic rings. The molecule has 0 amide bonds. The van der Waals surface area contributed by atoms with Crippen LogP contribution in [0.25, 0.3) is 0 Å². The molecule has 0 bridgehead atoms. The standard InChI is InChI=1S/C18H23NO2/c1-15(2)21-18-10-8-16(9-11-18)14-20-13-5-7-17-6-3-4-12-19-17/h3-4,6,8-12,15H,5,7,13-14H2,1-2H3. The van der Waals surface area contributed by atoms with Crippen molar-refractivity contribution in [1.29, 1.82) is 0 Å². The van der Waals surface area contributed by atoms with Crippen LogP contribution < -0.4 is 4.74 Å². The minimum absolute atomic E-state index is 0.207. The van der Waals surface area contributed by atoms with Gasteiger partial charge in [-0.05, 0) is 56.5 Å². The number of rotatable bonds is 8. The van der Waals surface area contributed by atoms with E-state index >= 15 is 0 Å². The molecule has 0 saturated carbocycles. The Labute approximate surface area is 126 Å². The van der Waals surface area contributed by atoms with Gasteiger partial charge < -0.3 is 9.47 Å². The maximum Gasteiger partial charge on any atom is 0.119 e. The molecule has 0 aliphatic rings. The second kappa shape index (κ2) is 8.42. The first-order valence-electron chi connectivity index (χ1n) is 7.47. The number of hydrogen-bond donors (Lipinski definition) is 0. The Kier molecular flexibility index (Phi) is 6.22. The average Bonchev–Trinajstić information content (AvgIpc) is 2.49. The van der Waals surface area contributed by atoms with E-state index in [0.29, 0.717) is 6.61 Å². The quantitative estimate of drug-likeness (QED) is 0.686. The van der Waals surface area contributed by atoms with Crippen molar-refractivity contribution in [3.05, 3.63) is 59.9 Å². The van der Waals surface area contributed by atoms with E-state index in [1.54, 1.807) is 0 Å². The fourth-order valence-corrected chi connectivity index (χ4v) is 2.03. The van der Waals surface area contributed by atoms with E-state index in [1.165, 1.54) is 5.56 Å². The van der Waals surface area contributed by atoms with Crippen molar-refractivity contribution in [1.82, 2.24) is 4.98 Å². The molecule has 3 nitrogen and oxygen atoms in total. The van der Waals surface area contributed by atoms with E-state index in [0.717, 1.165) is 30.9 Å². The van der Waals surface area contributed by atoms with Gasteiger partial charge in [0.2, 0.25) is 0 Å². The zero-order chi connectivity index (χ0) is 14.9. The molecule has 3 heteroatoms. The Balaban J connectivity index is 1.64. The number of ether oxygens (including phenoxy) is 2. The van der Waals surface area contributed by atoms with Gasteiger partial charge in [0.05, 0.1) is 12.7 Å². The number of hydrogen-bond acceptors (Lipinski definition) is 3. The molecule has 2 rings (SSSR count). The molecule has 0 N–H and O–H groups in total. The Bertz CT molecular complexity index is 509. The van der Waals surface area contributed by atoms with Gasteiger partial charge in [-0.25, -0.2) is 0 Å². The minimum Gasteiger partial charge on any atom is -0.491 e. The van der Waals surface area contributed by atoms with Crippen LogP contribution in [0, 0.1) is 0 Å². The van der Waals surface area contributed by atoms with Crippen molar-refractivity contribution < 1.29 is 9.47 Å². The van der Waals surface area contributed by atoms with Gasteiger partial charge in [0.15, 0.2) is 0 Å². The monoisotopic (exact) mass is 285 g/mol. The van der Waals surface area contributed by atoms with Gasteiger partial charge in [-0.1, -0.05) is 18.2 Å². The number of pyridine rings is 1. The van der Waals surface area contributed by atoms with E-state index in [9.17, 15) is 0 Å². The van der Waals surface area contributed by atoms with Crippen LogP contribution in [0.15, 0.2) is 48.7 Å². The highest BCUT2D eigenvalue weighted by Crippen LogP contribution is 2.14. The van der Waals surface area contributed by atoms with Gasteiger partial charge in [0.1, 0.15) is 5.75 Å². The van der Waals surface area contributed by atoms with Gasteiger partial charge in [0, 0.05) is 18.5 Å². The molecule has 0 aliphatic heterocycles. The molecule has 1 aromatic carbocycles. The number of aromatic nitrogens is 1. The molecular formula is C18H23NO2. The summed E-state index contributed by atoms with van der Waals surface area (Å²) in [5, 5.41) is 0. The van der Waals surface area contributed by atoms with Crippen LogP contribution in [0.2, 0.25) is 0 Å². The molecule has 0 spiro atoms. The Morgan fingerprint density at radius 2 is 1.86 bits per heavy atom. The smallest absolute Gasteiger partial charge is 0.119 e. The largest absolute Gasteiger partial charge is 0.491 e. The molecular weight excluding hydrogens is 262 g/mol. The second-order valence-electron chi connectivity index (χ2n) is 5.29. The second-order valence-corrected chi connectivity index (χ2v) is 5.29. The van der Waals surface area contributed by atoms with Crippen LogP contribution in [0.3, 0.4) is 0 Å². The lowest BCUT2D eigenvalue weighted by molar-refractivity contribution is 0.118. The van der Waals surface area contributed by atoms with Crippen LogP contribution in [0.5, 0.6) is 5.75 Å². The lowest BCUT2D eigenvalue weighted by Crippen LogP contribution is -2.05. The van der Waals surface area contributed by atoms with Crippen LogP contribution >= 0.6 is 0 Å². The van der Waals surface area contributed by atoms with Gasteiger partial charge in [0.25, 0.3) is 0 Å². The summed E-state index contributed by atoms with van der Waals surface area (Å²) in [7, 11) is 0. The lowest BCUT2D eigenvalue weighted by Gasteiger charge is -2.10. The summed E-state index contributed by atoms with van der Waals surface area (Å²) in [6, 6.07) is 14.1. The van der Waals surface area contributed by atoms with E-state index in [4.69, 9.17) is 9.47 Å². The minimum atomic E-state index is 0.207. The summed E-state index contributed by atoms with van der Waals surface area (Å²) in [5.74, 6) is 0.906. The van der Waals surface area contributed by atoms with Gasteiger partial charge in [-0.3, -0.25) is 4.98 Å². The third-order valence-electron chi connectivity index (χ3n) is 3.01. The van der Waals surface area contributed by atoms with Gasteiger partial charge in [-0.2, -0.15) is 0 Å². The highest BCUT2D eigenvalue weighted by Gasteiger charge is 1.99. The highest BCUT2D eigenvalue weighted by molar-refractivity contribution is 5.27. The third kappa shape index (κ3) is 5.96. The highest BCUT2D eigenvalue weighted by atomic mass is 16.5. The summed E-state index contributed by atoms with van der Waals surface area (Å²) < 4.78 is 11.3. The van der Waals surface area contributed by atoms with Crippen molar-refractivity contribution >= 4 is 0 Å². The summed E-state index contributed by atoms with van der Waals surface area (Å²) in [6.07, 6.45) is 3.99. The Morgan fingerprint density at radius 3 is 2.52 bits per heavy atom.